The summed E-state index contributed by atoms with van der Waals surface area (Å²) in [7, 11) is 0. The molecule has 0 bridgehead atoms. The summed E-state index contributed by atoms with van der Waals surface area (Å²) in [5.41, 5.74) is 5.28. The fourth-order valence-electron chi connectivity index (χ4n) is 0.710. The first-order chi connectivity index (χ1) is 4.20. The summed E-state index contributed by atoms with van der Waals surface area (Å²) < 4.78 is 0. The van der Waals surface area contributed by atoms with Crippen molar-refractivity contribution in [2.24, 2.45) is 5.73 Å². The number of piperidine rings is 1. The minimum Gasteiger partial charge on any atom is -0.320 e. The molecule has 50 valence electrons. The predicted molar refractivity (Wildman–Crippen MR) is 30.4 cm³/mol. The Bertz CT molecular complexity index is 155. The second-order valence-corrected chi connectivity index (χ2v) is 2.06. The average Bonchev–Trinajstić information content (AvgIpc) is 1.80. The number of rotatable bonds is 0. The maximum Gasteiger partial charge on any atom is 0.243 e. The lowest BCUT2D eigenvalue weighted by Gasteiger charge is -2.15. The molecular weight excluding hydrogens is 120 g/mol. The third kappa shape index (κ3) is 1.26. The van der Waals surface area contributed by atoms with E-state index >= 15 is 0 Å². The molecule has 0 aromatic rings. The van der Waals surface area contributed by atoms with Gasteiger partial charge in [0, 0.05) is 6.42 Å². The van der Waals surface area contributed by atoms with Crippen LogP contribution in [0.25, 0.3) is 0 Å². The smallest absolute Gasteiger partial charge is 0.243 e. The maximum atomic E-state index is 10.5. The molecule has 9 heavy (non-hydrogen) atoms. The van der Waals surface area contributed by atoms with Crippen molar-refractivity contribution in [3.05, 3.63) is 0 Å². The summed E-state index contributed by atoms with van der Waals surface area (Å²) in [4.78, 5) is 21.0. The number of carbonyl (C=O) groups is 2. The number of nitrogens with one attached hydrogen (secondary N) is 1. The van der Waals surface area contributed by atoms with E-state index in [0.29, 0.717) is 12.8 Å². The average molecular weight is 128 g/mol. The van der Waals surface area contributed by atoms with Crippen LogP contribution in [-0.4, -0.2) is 17.9 Å². The van der Waals surface area contributed by atoms with Crippen molar-refractivity contribution >= 4 is 11.8 Å². The summed E-state index contributed by atoms with van der Waals surface area (Å²) in [6.45, 7) is 0. The van der Waals surface area contributed by atoms with E-state index in [0.717, 1.165) is 0 Å². The molecule has 0 spiro atoms. The number of carbonyl (C=O) groups excluding carboxylic acids is 2. The summed E-state index contributed by atoms with van der Waals surface area (Å²) in [6, 6.07) is -0.484. The van der Waals surface area contributed by atoms with Gasteiger partial charge in [0.15, 0.2) is 0 Å². The molecule has 1 atom stereocenters. The van der Waals surface area contributed by atoms with Crippen molar-refractivity contribution in [2.45, 2.75) is 18.9 Å². The van der Waals surface area contributed by atoms with Gasteiger partial charge < -0.3 is 5.73 Å². The van der Waals surface area contributed by atoms with Crippen molar-refractivity contribution in [2.75, 3.05) is 0 Å². The van der Waals surface area contributed by atoms with E-state index in [1.54, 1.807) is 0 Å². The first kappa shape index (κ1) is 6.22. The Kier molecular flexibility index (Phi) is 1.48. The Morgan fingerprint density at radius 3 is 2.67 bits per heavy atom. The first-order valence-electron chi connectivity index (χ1n) is 2.79. The van der Waals surface area contributed by atoms with Gasteiger partial charge in [0.25, 0.3) is 0 Å². The molecule has 0 aliphatic carbocycles. The van der Waals surface area contributed by atoms with Gasteiger partial charge in [0.2, 0.25) is 11.8 Å². The molecule has 0 aromatic heterocycles. The summed E-state index contributed by atoms with van der Waals surface area (Å²) in [5, 5.41) is 2.13. The molecule has 0 radical (unpaired) electrons. The molecule has 1 fully saturated rings. The van der Waals surface area contributed by atoms with Gasteiger partial charge in [-0.25, -0.2) is 0 Å². The number of nitrogens with two attached hydrogens (primary N) is 1. The quantitative estimate of drug-likeness (QED) is 0.400. The van der Waals surface area contributed by atoms with E-state index < -0.39 is 6.04 Å². The van der Waals surface area contributed by atoms with Crippen LogP contribution < -0.4 is 11.1 Å². The largest absolute Gasteiger partial charge is 0.320 e. The maximum absolute atomic E-state index is 10.5. The van der Waals surface area contributed by atoms with Crippen LogP contribution in [0.3, 0.4) is 0 Å². The number of amides is 2. The molecule has 1 rings (SSSR count). The highest BCUT2D eigenvalue weighted by molar-refractivity contribution is 6.00. The van der Waals surface area contributed by atoms with Crippen molar-refractivity contribution < 1.29 is 9.59 Å². The Balaban J connectivity index is 2.54. The van der Waals surface area contributed by atoms with Gasteiger partial charge in [0.1, 0.15) is 0 Å². The SMILES string of the molecule is N[C@H]1CCC(=O)NC1=O. The Labute approximate surface area is 52.4 Å². The van der Waals surface area contributed by atoms with E-state index in [1.165, 1.54) is 0 Å². The van der Waals surface area contributed by atoms with E-state index in [9.17, 15) is 9.59 Å². The van der Waals surface area contributed by atoms with Gasteiger partial charge in [0.05, 0.1) is 6.04 Å². The summed E-state index contributed by atoms with van der Waals surface area (Å²) in [5.74, 6) is -0.576. The molecule has 1 aliphatic rings. The summed E-state index contributed by atoms with van der Waals surface area (Å²) >= 11 is 0. The zero-order valence-corrected chi connectivity index (χ0v) is 4.89. The van der Waals surface area contributed by atoms with Crippen LogP contribution in [0, 0.1) is 0 Å². The van der Waals surface area contributed by atoms with Crippen LogP contribution in [0.2, 0.25) is 0 Å². The van der Waals surface area contributed by atoms with Crippen LogP contribution in [-0.2, 0) is 9.59 Å². The molecule has 4 nitrogen and oxygen atoms in total. The minimum atomic E-state index is -0.484. The summed E-state index contributed by atoms with van der Waals surface area (Å²) in [6.07, 6.45) is 0.845. The van der Waals surface area contributed by atoms with Gasteiger partial charge in [-0.2, -0.15) is 0 Å². The molecule has 0 saturated carbocycles. The molecule has 1 saturated heterocycles. The van der Waals surface area contributed by atoms with Crippen molar-refractivity contribution in [1.82, 2.24) is 5.32 Å². The Morgan fingerprint density at radius 2 is 2.22 bits per heavy atom. The zero-order valence-electron chi connectivity index (χ0n) is 4.89. The van der Waals surface area contributed by atoms with Crippen molar-refractivity contribution in [3.8, 4) is 0 Å². The second kappa shape index (κ2) is 2.14. The molecule has 2 amide bonds. The van der Waals surface area contributed by atoms with Gasteiger partial charge in [-0.05, 0) is 6.42 Å². The molecule has 4 heteroatoms. The predicted octanol–water partition coefficient (Wildman–Crippen LogP) is -1.25. The fourth-order valence-corrected chi connectivity index (χ4v) is 0.710. The second-order valence-electron chi connectivity index (χ2n) is 2.06. The third-order valence-electron chi connectivity index (χ3n) is 1.28. The first-order valence-corrected chi connectivity index (χ1v) is 2.79. The van der Waals surface area contributed by atoms with Crippen LogP contribution in [0.1, 0.15) is 12.8 Å². The number of hydrogen-bond acceptors (Lipinski definition) is 3. The van der Waals surface area contributed by atoms with Gasteiger partial charge in [-0.3, -0.25) is 14.9 Å². The van der Waals surface area contributed by atoms with E-state index in [-0.39, 0.29) is 11.8 Å². The normalized spacial score (nSPS) is 27.9. The molecule has 1 aliphatic heterocycles. The van der Waals surface area contributed by atoms with Crippen molar-refractivity contribution in [3.63, 3.8) is 0 Å². The van der Waals surface area contributed by atoms with Crippen LogP contribution >= 0.6 is 0 Å². The molecule has 0 aromatic carbocycles. The van der Waals surface area contributed by atoms with E-state index in [4.69, 9.17) is 5.73 Å². The number of imide groups is 1. The van der Waals surface area contributed by atoms with Gasteiger partial charge >= 0.3 is 0 Å². The van der Waals surface area contributed by atoms with Crippen LogP contribution in [0.15, 0.2) is 0 Å². The highest BCUT2D eigenvalue weighted by Gasteiger charge is 2.22. The lowest BCUT2D eigenvalue weighted by atomic mass is 10.1. The molecule has 3 N–H and O–H groups in total. The van der Waals surface area contributed by atoms with E-state index in [1.807, 2.05) is 0 Å². The van der Waals surface area contributed by atoms with Crippen LogP contribution in [0.5, 0.6) is 0 Å². The standard InChI is InChI=1S/C5H8N2O2/c6-3-1-2-4(8)7-5(3)9/h3H,1-2,6H2,(H,7,8,9)/t3-/m0/s1. The van der Waals surface area contributed by atoms with Gasteiger partial charge in [-0.1, -0.05) is 0 Å². The highest BCUT2D eigenvalue weighted by Crippen LogP contribution is 2.00. The van der Waals surface area contributed by atoms with Crippen molar-refractivity contribution in [1.29, 1.82) is 0 Å². The highest BCUT2D eigenvalue weighted by atomic mass is 16.2. The lowest BCUT2D eigenvalue weighted by molar-refractivity contribution is -0.134. The Morgan fingerprint density at radius 1 is 1.56 bits per heavy atom. The fraction of sp³-hybridized carbons (Fsp3) is 0.600. The third-order valence-corrected chi connectivity index (χ3v) is 1.28. The Hall–Kier alpha value is -0.900. The molecule has 1 heterocycles. The minimum absolute atomic E-state index is 0.221. The van der Waals surface area contributed by atoms with Crippen LogP contribution in [0.4, 0.5) is 0 Å². The molecule has 0 unspecified atom stereocenters. The van der Waals surface area contributed by atoms with E-state index in [2.05, 4.69) is 5.32 Å². The van der Waals surface area contributed by atoms with Gasteiger partial charge in [-0.15, -0.1) is 0 Å². The number of hydrogen-bond donors (Lipinski definition) is 2. The lowest BCUT2D eigenvalue weighted by Crippen LogP contribution is -2.48. The topological polar surface area (TPSA) is 72.2 Å². The zero-order chi connectivity index (χ0) is 6.85. The molecular formula is C5H8N2O2. The monoisotopic (exact) mass is 128 g/mol.